The number of rotatable bonds is 1. The number of carbonyl (C=O) groups is 1. The molecule has 1 aliphatic rings. The smallest absolute Gasteiger partial charge is 0.293 e. The number of hydrogen-bond donors (Lipinski definition) is 0. The molecule has 2 heterocycles. The molecular weight excluding hydrogens is 233 g/mol. The molecule has 18 heavy (non-hydrogen) atoms. The van der Waals surface area contributed by atoms with Crippen molar-refractivity contribution >= 4 is 11.6 Å². The van der Waals surface area contributed by atoms with Gasteiger partial charge in [-0.1, -0.05) is 0 Å². The van der Waals surface area contributed by atoms with E-state index in [9.17, 15) is 9.18 Å². The van der Waals surface area contributed by atoms with Gasteiger partial charge in [-0.15, -0.1) is 0 Å². The maximum Gasteiger partial charge on any atom is 0.293 e. The second-order valence-electron chi connectivity index (χ2n) is 4.31. The first-order valence-electron chi connectivity index (χ1n) is 5.89. The summed E-state index contributed by atoms with van der Waals surface area (Å²) < 4.78 is 18.3. The lowest BCUT2D eigenvalue weighted by Gasteiger charge is -2.28. The average molecular weight is 245 g/mol. The maximum atomic E-state index is 13.2. The highest BCUT2D eigenvalue weighted by Crippen LogP contribution is 2.29. The Labute approximate surface area is 104 Å². The lowest BCUT2D eigenvalue weighted by molar-refractivity contribution is 0.0958. The standard InChI is InChI=1S/C14H12FNO2/c15-11-5-6-12-10(9-11)3-1-7-16(12)14(17)13-4-2-8-18-13/h2,4-6,8-9H,1,3,7H2. The second kappa shape index (κ2) is 4.29. The normalized spacial score (nSPS) is 14.4. The maximum absolute atomic E-state index is 13.2. The van der Waals surface area contributed by atoms with Crippen molar-refractivity contribution < 1.29 is 13.6 Å². The first-order chi connectivity index (χ1) is 8.75. The van der Waals surface area contributed by atoms with Crippen LogP contribution in [0.2, 0.25) is 0 Å². The number of anilines is 1. The van der Waals surface area contributed by atoms with Crippen molar-refractivity contribution in [1.29, 1.82) is 0 Å². The quantitative estimate of drug-likeness (QED) is 0.773. The number of nitrogens with zero attached hydrogens (tertiary/aromatic N) is 1. The van der Waals surface area contributed by atoms with Crippen LogP contribution in [0.4, 0.5) is 10.1 Å². The molecular formula is C14H12FNO2. The van der Waals surface area contributed by atoms with Crippen LogP contribution in [0, 0.1) is 5.82 Å². The average Bonchev–Trinajstić information content (AvgIpc) is 2.90. The molecule has 0 radical (unpaired) electrons. The zero-order chi connectivity index (χ0) is 12.5. The van der Waals surface area contributed by atoms with Crippen molar-refractivity contribution in [1.82, 2.24) is 0 Å². The number of fused-ring (bicyclic) bond motifs is 1. The molecule has 4 heteroatoms. The van der Waals surface area contributed by atoms with Gasteiger partial charge in [-0.25, -0.2) is 4.39 Å². The van der Waals surface area contributed by atoms with Gasteiger partial charge in [0.1, 0.15) is 5.82 Å². The fourth-order valence-electron chi connectivity index (χ4n) is 2.31. The van der Waals surface area contributed by atoms with E-state index in [0.717, 1.165) is 24.1 Å². The van der Waals surface area contributed by atoms with Gasteiger partial charge >= 0.3 is 0 Å². The summed E-state index contributed by atoms with van der Waals surface area (Å²) in [5, 5.41) is 0. The summed E-state index contributed by atoms with van der Waals surface area (Å²) in [5.74, 6) is -0.124. The van der Waals surface area contributed by atoms with E-state index >= 15 is 0 Å². The third-order valence-electron chi connectivity index (χ3n) is 3.14. The van der Waals surface area contributed by atoms with E-state index in [4.69, 9.17) is 4.42 Å². The fraction of sp³-hybridized carbons (Fsp3) is 0.214. The second-order valence-corrected chi connectivity index (χ2v) is 4.31. The van der Waals surface area contributed by atoms with Crippen molar-refractivity contribution in [3.63, 3.8) is 0 Å². The Morgan fingerprint density at radius 1 is 1.33 bits per heavy atom. The van der Waals surface area contributed by atoms with Gasteiger partial charge in [0.15, 0.2) is 5.76 Å². The molecule has 2 aromatic rings. The number of carbonyl (C=O) groups excluding carboxylic acids is 1. The van der Waals surface area contributed by atoms with E-state index in [1.54, 1.807) is 23.1 Å². The molecule has 0 fully saturated rings. The van der Waals surface area contributed by atoms with Crippen LogP contribution in [0.1, 0.15) is 22.5 Å². The number of aryl methyl sites for hydroxylation is 1. The molecule has 0 aliphatic carbocycles. The van der Waals surface area contributed by atoms with Gasteiger partial charge in [-0.2, -0.15) is 0 Å². The molecule has 0 unspecified atom stereocenters. The fourth-order valence-corrected chi connectivity index (χ4v) is 2.31. The molecule has 0 saturated heterocycles. The Bertz CT molecular complexity index is 577. The van der Waals surface area contributed by atoms with Crippen molar-refractivity contribution in [2.45, 2.75) is 12.8 Å². The van der Waals surface area contributed by atoms with Crippen molar-refractivity contribution in [3.8, 4) is 0 Å². The summed E-state index contributed by atoms with van der Waals surface area (Å²) in [4.78, 5) is 13.9. The van der Waals surface area contributed by atoms with Gasteiger partial charge < -0.3 is 9.32 Å². The third-order valence-corrected chi connectivity index (χ3v) is 3.14. The first-order valence-corrected chi connectivity index (χ1v) is 5.89. The number of benzene rings is 1. The van der Waals surface area contributed by atoms with E-state index < -0.39 is 0 Å². The van der Waals surface area contributed by atoms with Crippen LogP contribution in [0.5, 0.6) is 0 Å². The van der Waals surface area contributed by atoms with Gasteiger partial charge in [-0.3, -0.25) is 4.79 Å². The minimum Gasteiger partial charge on any atom is -0.459 e. The summed E-state index contributed by atoms with van der Waals surface area (Å²) in [6, 6.07) is 7.86. The number of amides is 1. The SMILES string of the molecule is O=C(c1ccco1)N1CCCc2cc(F)ccc21. The van der Waals surface area contributed by atoms with Gasteiger partial charge in [-0.05, 0) is 48.7 Å². The van der Waals surface area contributed by atoms with Crippen LogP contribution in [0.15, 0.2) is 41.0 Å². The van der Waals surface area contributed by atoms with E-state index in [-0.39, 0.29) is 11.7 Å². The molecule has 1 aromatic heterocycles. The molecule has 0 spiro atoms. The highest BCUT2D eigenvalue weighted by molar-refractivity contribution is 6.04. The van der Waals surface area contributed by atoms with Crippen molar-refractivity contribution in [2.75, 3.05) is 11.4 Å². The Balaban J connectivity index is 1.99. The van der Waals surface area contributed by atoms with Crippen LogP contribution in [-0.4, -0.2) is 12.5 Å². The molecule has 92 valence electrons. The molecule has 3 rings (SSSR count). The van der Waals surface area contributed by atoms with E-state index in [1.807, 2.05) is 0 Å². The largest absolute Gasteiger partial charge is 0.459 e. The van der Waals surface area contributed by atoms with E-state index in [2.05, 4.69) is 0 Å². The molecule has 0 saturated carbocycles. The summed E-state index contributed by atoms with van der Waals surface area (Å²) in [6.45, 7) is 0.637. The molecule has 3 nitrogen and oxygen atoms in total. The summed E-state index contributed by atoms with van der Waals surface area (Å²) >= 11 is 0. The Hall–Kier alpha value is -2.10. The lowest BCUT2D eigenvalue weighted by Crippen LogP contribution is -2.35. The predicted molar refractivity (Wildman–Crippen MR) is 65.1 cm³/mol. The molecule has 0 atom stereocenters. The van der Waals surface area contributed by atoms with Crippen LogP contribution in [0.3, 0.4) is 0 Å². The zero-order valence-electron chi connectivity index (χ0n) is 9.73. The highest BCUT2D eigenvalue weighted by atomic mass is 19.1. The minimum absolute atomic E-state index is 0.174. The first kappa shape index (κ1) is 11.0. The topological polar surface area (TPSA) is 33.5 Å². The summed E-state index contributed by atoms with van der Waals surface area (Å²) in [6.07, 6.45) is 3.11. The molecule has 1 amide bonds. The summed E-state index contributed by atoms with van der Waals surface area (Å²) in [5.41, 5.74) is 1.66. The number of halogens is 1. The molecule has 0 N–H and O–H groups in total. The zero-order valence-corrected chi connectivity index (χ0v) is 9.73. The van der Waals surface area contributed by atoms with Crippen LogP contribution in [0.25, 0.3) is 0 Å². The number of hydrogen-bond acceptors (Lipinski definition) is 2. The van der Waals surface area contributed by atoms with Gasteiger partial charge in [0.05, 0.1) is 6.26 Å². The van der Waals surface area contributed by atoms with Gasteiger partial charge in [0.25, 0.3) is 5.91 Å². The highest BCUT2D eigenvalue weighted by Gasteiger charge is 2.25. The van der Waals surface area contributed by atoms with Gasteiger partial charge in [0, 0.05) is 12.2 Å². The molecule has 1 aliphatic heterocycles. The van der Waals surface area contributed by atoms with E-state index in [1.165, 1.54) is 18.4 Å². The third kappa shape index (κ3) is 1.79. The monoisotopic (exact) mass is 245 g/mol. The molecule has 1 aromatic carbocycles. The van der Waals surface area contributed by atoms with Crippen LogP contribution >= 0.6 is 0 Å². The predicted octanol–water partition coefficient (Wildman–Crippen LogP) is 3.01. The van der Waals surface area contributed by atoms with Gasteiger partial charge in [0.2, 0.25) is 0 Å². The Kier molecular flexibility index (Phi) is 2.63. The van der Waals surface area contributed by atoms with Crippen molar-refractivity contribution in [2.24, 2.45) is 0 Å². The number of furan rings is 1. The summed E-state index contributed by atoms with van der Waals surface area (Å²) in [7, 11) is 0. The Morgan fingerprint density at radius 3 is 3.00 bits per heavy atom. The van der Waals surface area contributed by atoms with Crippen LogP contribution in [-0.2, 0) is 6.42 Å². The lowest BCUT2D eigenvalue weighted by atomic mass is 10.0. The minimum atomic E-state index is -0.263. The van der Waals surface area contributed by atoms with Crippen molar-refractivity contribution in [3.05, 3.63) is 53.7 Å². The Morgan fingerprint density at radius 2 is 2.22 bits per heavy atom. The molecule has 0 bridgehead atoms. The van der Waals surface area contributed by atoms with Crippen LogP contribution < -0.4 is 4.90 Å². The van der Waals surface area contributed by atoms with E-state index in [0.29, 0.717) is 12.3 Å².